The molecule has 0 spiro atoms. The summed E-state index contributed by atoms with van der Waals surface area (Å²) in [7, 11) is 11.5. The van der Waals surface area contributed by atoms with Gasteiger partial charge in [0.25, 0.3) is 0 Å². The number of hydrogen-bond donors (Lipinski definition) is 2. The highest BCUT2D eigenvalue weighted by Gasteiger charge is 2.30. The van der Waals surface area contributed by atoms with E-state index in [0.29, 0.717) is 41.8 Å². The number of benzene rings is 3. The predicted molar refractivity (Wildman–Crippen MR) is 191 cm³/mol. The molecule has 1 aliphatic rings. The number of likely N-dealkylation sites (N-methyl/N-ethyl adjacent to an activating group) is 2. The molecule has 11 nitrogen and oxygen atoms in total. The minimum absolute atomic E-state index is 0.272. The molecular weight excluding hydrogens is 611 g/mol. The standard InChI is InChI=1S/C36H43FN8O3/c1-8-36(46)41-29-20-30(33(47-7)21-32(29)44(6)14-13-42(2)3)40-34-22-35(39-23-38-34)45-31(12-15-48-45)26-16-25(17-27(37)18-26)24-10-9-11-28(19-24)43(4)5/h8-11,16-23,31H,1,12-15H2,2-7H3,(H,41,46)(H,38,39,40)/t31-/m1/s1. The Balaban J connectivity index is 1.44. The van der Waals surface area contributed by atoms with E-state index in [1.807, 2.05) is 76.5 Å². The molecule has 0 bridgehead atoms. The Morgan fingerprint density at radius 2 is 1.85 bits per heavy atom. The third kappa shape index (κ3) is 8.01. The monoisotopic (exact) mass is 654 g/mol. The van der Waals surface area contributed by atoms with Crippen molar-refractivity contribution in [1.29, 1.82) is 0 Å². The quantitative estimate of drug-likeness (QED) is 0.165. The van der Waals surface area contributed by atoms with Crippen LogP contribution in [0.3, 0.4) is 0 Å². The summed E-state index contributed by atoms with van der Waals surface area (Å²) in [5.74, 6) is 0.884. The van der Waals surface area contributed by atoms with Crippen LogP contribution in [0, 0.1) is 5.82 Å². The highest BCUT2D eigenvalue weighted by atomic mass is 19.1. The van der Waals surface area contributed by atoms with E-state index in [-0.39, 0.29) is 17.8 Å². The SMILES string of the molecule is C=CC(=O)Nc1cc(Nc2cc(N3OCC[C@@H]3c3cc(F)cc(-c4cccc(N(C)C)c4)c3)ncn2)c(OC)cc1N(C)CCN(C)C. The molecule has 5 rings (SSSR count). The van der Waals surface area contributed by atoms with Gasteiger partial charge in [-0.15, -0.1) is 0 Å². The maximum atomic E-state index is 15.1. The van der Waals surface area contributed by atoms with Crippen LogP contribution in [0.15, 0.2) is 79.6 Å². The Bertz CT molecular complexity index is 1770. The van der Waals surface area contributed by atoms with Crippen molar-refractivity contribution in [3.05, 3.63) is 91.0 Å². The van der Waals surface area contributed by atoms with E-state index >= 15 is 4.39 Å². The summed E-state index contributed by atoms with van der Waals surface area (Å²) in [5.41, 5.74) is 5.47. The van der Waals surface area contributed by atoms with Gasteiger partial charge in [-0.05, 0) is 73.3 Å². The Labute approximate surface area is 281 Å². The van der Waals surface area contributed by atoms with Crippen LogP contribution >= 0.6 is 0 Å². The fraction of sp³-hybridized carbons (Fsp3) is 0.306. The van der Waals surface area contributed by atoms with Gasteiger partial charge in [0.2, 0.25) is 5.91 Å². The summed E-state index contributed by atoms with van der Waals surface area (Å²) in [4.78, 5) is 33.5. The predicted octanol–water partition coefficient (Wildman–Crippen LogP) is 6.11. The summed E-state index contributed by atoms with van der Waals surface area (Å²) in [6.07, 6.45) is 3.32. The molecular formula is C36H43FN8O3. The van der Waals surface area contributed by atoms with Crippen molar-refractivity contribution in [2.75, 3.05) is 87.5 Å². The number of aromatic nitrogens is 2. The number of hydrogen-bond acceptors (Lipinski definition) is 10. The van der Waals surface area contributed by atoms with Crippen molar-refractivity contribution in [3.8, 4) is 16.9 Å². The van der Waals surface area contributed by atoms with Crippen molar-refractivity contribution in [2.24, 2.45) is 0 Å². The minimum atomic E-state index is -0.333. The van der Waals surface area contributed by atoms with Crippen LogP contribution in [-0.4, -0.2) is 82.8 Å². The van der Waals surface area contributed by atoms with Crippen molar-refractivity contribution in [2.45, 2.75) is 12.5 Å². The molecule has 4 aromatic rings. The number of methoxy groups -OCH3 is 1. The van der Waals surface area contributed by atoms with Crippen LogP contribution in [0.5, 0.6) is 5.75 Å². The largest absolute Gasteiger partial charge is 0.494 e. The van der Waals surface area contributed by atoms with Crippen LogP contribution in [0.1, 0.15) is 18.0 Å². The second-order valence-electron chi connectivity index (χ2n) is 12.1. The van der Waals surface area contributed by atoms with E-state index in [1.165, 1.54) is 12.4 Å². The first-order chi connectivity index (χ1) is 23.1. The second kappa shape index (κ2) is 15.1. The maximum absolute atomic E-state index is 15.1. The van der Waals surface area contributed by atoms with Crippen molar-refractivity contribution >= 4 is 40.3 Å². The Kier molecular flexibility index (Phi) is 10.8. The highest BCUT2D eigenvalue weighted by Crippen LogP contribution is 2.40. The summed E-state index contributed by atoms with van der Waals surface area (Å²) in [6.45, 7) is 5.58. The van der Waals surface area contributed by atoms with Crippen LogP contribution in [0.2, 0.25) is 0 Å². The van der Waals surface area contributed by atoms with Gasteiger partial charge in [-0.2, -0.15) is 0 Å². The lowest BCUT2D eigenvalue weighted by Gasteiger charge is -2.26. The van der Waals surface area contributed by atoms with Gasteiger partial charge in [0.05, 0.1) is 36.8 Å². The van der Waals surface area contributed by atoms with Gasteiger partial charge in [-0.1, -0.05) is 18.7 Å². The Morgan fingerprint density at radius 3 is 2.58 bits per heavy atom. The van der Waals surface area contributed by atoms with E-state index in [2.05, 4.69) is 37.0 Å². The van der Waals surface area contributed by atoms with E-state index < -0.39 is 0 Å². The first kappa shape index (κ1) is 34.1. The summed E-state index contributed by atoms with van der Waals surface area (Å²) < 4.78 is 20.8. The zero-order valence-electron chi connectivity index (χ0n) is 28.3. The molecule has 0 radical (unpaired) electrons. The lowest BCUT2D eigenvalue weighted by Crippen LogP contribution is -2.29. The second-order valence-corrected chi connectivity index (χ2v) is 12.1. The lowest BCUT2D eigenvalue weighted by molar-refractivity contribution is -0.111. The number of rotatable bonds is 13. The van der Waals surface area contributed by atoms with Gasteiger partial charge in [0.1, 0.15) is 23.7 Å². The number of nitrogens with one attached hydrogen (secondary N) is 2. The molecule has 3 aromatic carbocycles. The minimum Gasteiger partial charge on any atom is -0.494 e. The molecule has 1 aromatic heterocycles. The van der Waals surface area contributed by atoms with Crippen LogP contribution in [-0.2, 0) is 9.63 Å². The molecule has 0 aliphatic carbocycles. The van der Waals surface area contributed by atoms with Gasteiger partial charge < -0.3 is 30.1 Å². The van der Waals surface area contributed by atoms with Gasteiger partial charge in [-0.3, -0.25) is 9.63 Å². The molecule has 1 amide bonds. The molecule has 48 heavy (non-hydrogen) atoms. The number of carbonyl (C=O) groups is 1. The maximum Gasteiger partial charge on any atom is 0.247 e. The Hall–Kier alpha value is -5.20. The van der Waals surface area contributed by atoms with Crippen LogP contribution in [0.25, 0.3) is 11.1 Å². The Morgan fingerprint density at radius 1 is 1.04 bits per heavy atom. The summed E-state index contributed by atoms with van der Waals surface area (Å²) >= 11 is 0. The average molecular weight is 655 g/mol. The molecule has 1 atom stereocenters. The van der Waals surface area contributed by atoms with E-state index in [9.17, 15) is 4.79 Å². The molecule has 2 heterocycles. The molecule has 0 unspecified atom stereocenters. The fourth-order valence-electron chi connectivity index (χ4n) is 5.51. The summed E-state index contributed by atoms with van der Waals surface area (Å²) in [6, 6.07) is 18.3. The van der Waals surface area contributed by atoms with Gasteiger partial charge in [0.15, 0.2) is 5.82 Å². The zero-order chi connectivity index (χ0) is 34.4. The number of hydroxylamine groups is 1. The molecule has 1 aliphatic heterocycles. The fourth-order valence-corrected chi connectivity index (χ4v) is 5.51. The molecule has 1 fully saturated rings. The number of nitrogens with zero attached hydrogens (tertiary/aromatic N) is 6. The lowest BCUT2D eigenvalue weighted by atomic mass is 9.97. The number of amides is 1. The van der Waals surface area contributed by atoms with E-state index in [0.717, 1.165) is 41.2 Å². The number of anilines is 6. The van der Waals surface area contributed by atoms with E-state index in [4.69, 9.17) is 9.57 Å². The average Bonchev–Trinajstić information content (AvgIpc) is 3.57. The van der Waals surface area contributed by atoms with Gasteiger partial charge in [0, 0.05) is 58.5 Å². The van der Waals surface area contributed by atoms with Crippen molar-refractivity contribution in [3.63, 3.8) is 0 Å². The van der Waals surface area contributed by atoms with Gasteiger partial charge >= 0.3 is 0 Å². The molecule has 12 heteroatoms. The van der Waals surface area contributed by atoms with Crippen LogP contribution in [0.4, 0.5) is 38.8 Å². The van der Waals surface area contributed by atoms with Crippen molar-refractivity contribution < 1.29 is 18.8 Å². The first-order valence-corrected chi connectivity index (χ1v) is 15.7. The topological polar surface area (TPSA) is 98.3 Å². The molecule has 2 N–H and O–H groups in total. The third-order valence-electron chi connectivity index (χ3n) is 8.10. The smallest absolute Gasteiger partial charge is 0.247 e. The summed E-state index contributed by atoms with van der Waals surface area (Å²) in [5, 5.41) is 7.94. The van der Waals surface area contributed by atoms with Crippen LogP contribution < -0.4 is 30.2 Å². The van der Waals surface area contributed by atoms with Gasteiger partial charge in [-0.25, -0.2) is 19.4 Å². The first-order valence-electron chi connectivity index (χ1n) is 15.7. The van der Waals surface area contributed by atoms with E-state index in [1.54, 1.807) is 36.4 Å². The number of carbonyl (C=O) groups excluding carboxylic acids is 1. The number of ether oxygens (including phenoxy) is 1. The highest BCUT2D eigenvalue weighted by molar-refractivity contribution is 6.02. The third-order valence-corrected chi connectivity index (χ3v) is 8.10. The molecule has 1 saturated heterocycles. The van der Waals surface area contributed by atoms with Crippen molar-refractivity contribution in [1.82, 2.24) is 14.9 Å². The zero-order valence-corrected chi connectivity index (χ0v) is 28.3. The molecule has 252 valence electrons. The molecule has 0 saturated carbocycles. The normalized spacial score (nSPS) is 14.2. The number of halogens is 1.